The van der Waals surface area contributed by atoms with Crippen molar-refractivity contribution in [3.05, 3.63) is 83.3 Å². The molecule has 13 heteroatoms. The van der Waals surface area contributed by atoms with Crippen LogP contribution < -0.4 is 10.6 Å². The van der Waals surface area contributed by atoms with Gasteiger partial charge in [0.05, 0.1) is 23.1 Å². The number of ketones is 1. The predicted molar refractivity (Wildman–Crippen MR) is 150 cm³/mol. The number of halogens is 4. The van der Waals surface area contributed by atoms with Gasteiger partial charge in [0.15, 0.2) is 5.78 Å². The predicted octanol–water partition coefficient (Wildman–Crippen LogP) is 4.97. The quantitative estimate of drug-likeness (QED) is 0.263. The Hall–Kier alpha value is -4.45. The number of alkyl halides is 2. The van der Waals surface area contributed by atoms with Crippen molar-refractivity contribution in [2.45, 2.75) is 38.9 Å². The molecule has 2 N–H and O–H groups in total. The van der Waals surface area contributed by atoms with Gasteiger partial charge in [0.1, 0.15) is 24.7 Å². The summed E-state index contributed by atoms with van der Waals surface area (Å²) in [6, 6.07) is 8.41. The number of benzene rings is 2. The van der Waals surface area contributed by atoms with Gasteiger partial charge >= 0.3 is 0 Å². The van der Waals surface area contributed by atoms with Crippen LogP contribution in [0.5, 0.6) is 0 Å². The number of carbonyl (C=O) groups excluding carboxylic acids is 3. The summed E-state index contributed by atoms with van der Waals surface area (Å²) in [5, 5.41) is 6.17. The summed E-state index contributed by atoms with van der Waals surface area (Å²) >= 11 is 5.80. The minimum absolute atomic E-state index is 0.113. The first kappa shape index (κ1) is 29.1. The van der Waals surface area contributed by atoms with Gasteiger partial charge in [-0.2, -0.15) is 0 Å². The molecule has 1 aliphatic heterocycles. The monoisotopic (exact) mass is 598 g/mol. The maximum absolute atomic E-state index is 14.3. The number of nitrogens with one attached hydrogen (secondary N) is 2. The van der Waals surface area contributed by atoms with Crippen molar-refractivity contribution in [1.29, 1.82) is 0 Å². The third kappa shape index (κ3) is 6.08. The van der Waals surface area contributed by atoms with E-state index in [2.05, 4.69) is 20.6 Å². The molecule has 1 saturated heterocycles. The minimum atomic E-state index is -2.74. The number of nitrogens with zero attached hydrogens (tertiary/aromatic N) is 4. The molecule has 0 saturated carbocycles. The summed E-state index contributed by atoms with van der Waals surface area (Å²) in [6.45, 7) is 0.583. The smallest absolute Gasteiger partial charge is 0.243 e. The van der Waals surface area contributed by atoms with Gasteiger partial charge in [0.2, 0.25) is 18.2 Å². The first-order chi connectivity index (χ1) is 20.1. The van der Waals surface area contributed by atoms with Crippen molar-refractivity contribution in [3.63, 3.8) is 0 Å². The van der Waals surface area contributed by atoms with Crippen molar-refractivity contribution in [2.24, 2.45) is 5.92 Å². The molecule has 5 rings (SSSR count). The maximum Gasteiger partial charge on any atom is 0.243 e. The van der Waals surface area contributed by atoms with Crippen LogP contribution in [0.3, 0.4) is 0 Å². The molecule has 218 valence electrons. The summed E-state index contributed by atoms with van der Waals surface area (Å²) in [6.07, 6.45) is 3.15. The molecule has 1 fully saturated rings. The van der Waals surface area contributed by atoms with Gasteiger partial charge in [-0.05, 0) is 37.6 Å². The number of carbonyl (C=O) groups is 3. The normalized spacial score (nSPS) is 16.7. The lowest BCUT2D eigenvalue weighted by Crippen LogP contribution is -2.46. The van der Waals surface area contributed by atoms with Crippen LogP contribution in [0.25, 0.3) is 10.9 Å². The van der Waals surface area contributed by atoms with Crippen LogP contribution in [0.2, 0.25) is 5.02 Å². The molecule has 1 unspecified atom stereocenters. The molecule has 2 aromatic heterocycles. The van der Waals surface area contributed by atoms with Crippen molar-refractivity contribution in [1.82, 2.24) is 24.8 Å². The molecule has 1 aliphatic rings. The Labute approximate surface area is 243 Å². The van der Waals surface area contributed by atoms with Crippen molar-refractivity contribution in [3.8, 4) is 0 Å². The molecule has 2 atom stereocenters. The number of hydrogen-bond donors (Lipinski definition) is 2. The van der Waals surface area contributed by atoms with E-state index in [0.29, 0.717) is 27.8 Å². The van der Waals surface area contributed by atoms with Gasteiger partial charge in [0, 0.05) is 52.9 Å². The Morgan fingerprint density at radius 2 is 1.88 bits per heavy atom. The highest BCUT2D eigenvalue weighted by molar-refractivity contribution is 6.30. The van der Waals surface area contributed by atoms with Crippen LogP contribution in [-0.4, -0.2) is 56.0 Å². The number of hydrogen-bond acceptors (Lipinski definition) is 6. The number of rotatable bonds is 9. The second kappa shape index (κ2) is 12.2. The SMILES string of the molecule is CC(=O)c1cn(CC(=O)N2CC(C(F)F)C[C@H]2C(=O)NCc2cccc(Cl)c2F)c2ccc(Nc3cncnc3)cc12. The third-order valence-electron chi connectivity index (χ3n) is 7.21. The minimum Gasteiger partial charge on any atom is -0.353 e. The van der Waals surface area contributed by atoms with Crippen LogP contribution in [0.15, 0.2) is 61.3 Å². The number of aromatic nitrogens is 3. The summed E-state index contributed by atoms with van der Waals surface area (Å²) in [5.74, 6) is -3.36. The van der Waals surface area contributed by atoms with E-state index in [1.165, 1.54) is 37.6 Å². The largest absolute Gasteiger partial charge is 0.353 e. The number of fused-ring (bicyclic) bond motifs is 1. The molecule has 0 bridgehead atoms. The van der Waals surface area contributed by atoms with Gasteiger partial charge in [-0.25, -0.2) is 23.1 Å². The standard InChI is InChI=1S/C29H26ClF3N6O3/c1-16(40)22-13-38(24-6-5-19(8-21(22)24)37-20-10-34-15-35-11-20)14-26(41)39-12-18(28(32)33)7-25(39)29(42)36-9-17-3-2-4-23(30)27(17)31/h2-6,8,10-11,13,15,18,25,28,37H,7,9,12,14H2,1H3,(H,36,42)/t18?,25-/m0/s1. The Kier molecular flexibility index (Phi) is 8.44. The Morgan fingerprint density at radius 1 is 1.12 bits per heavy atom. The number of likely N-dealkylation sites (tertiary alicyclic amines) is 1. The van der Waals surface area contributed by atoms with Crippen molar-refractivity contribution >= 4 is 51.5 Å². The van der Waals surface area contributed by atoms with E-state index < -0.39 is 36.0 Å². The van der Waals surface area contributed by atoms with Crippen LogP contribution in [0.4, 0.5) is 24.5 Å². The zero-order chi connectivity index (χ0) is 30.0. The lowest BCUT2D eigenvalue weighted by Gasteiger charge is -2.24. The topological polar surface area (TPSA) is 109 Å². The maximum atomic E-state index is 14.3. The van der Waals surface area contributed by atoms with Gasteiger partial charge in [-0.3, -0.25) is 14.4 Å². The second-order valence-corrected chi connectivity index (χ2v) is 10.4. The summed E-state index contributed by atoms with van der Waals surface area (Å²) < 4.78 is 43.2. The number of anilines is 2. The molecule has 4 aromatic rings. The lowest BCUT2D eigenvalue weighted by molar-refractivity contribution is -0.139. The Morgan fingerprint density at radius 3 is 2.60 bits per heavy atom. The zero-order valence-electron chi connectivity index (χ0n) is 22.4. The van der Waals surface area contributed by atoms with Crippen LogP contribution in [0, 0.1) is 11.7 Å². The third-order valence-corrected chi connectivity index (χ3v) is 7.50. The summed E-state index contributed by atoms with van der Waals surface area (Å²) in [5.41, 5.74) is 2.37. The Bertz CT molecular complexity index is 1650. The lowest BCUT2D eigenvalue weighted by atomic mass is 10.1. The molecule has 9 nitrogen and oxygen atoms in total. The molecule has 42 heavy (non-hydrogen) atoms. The molecule has 3 heterocycles. The fourth-order valence-corrected chi connectivity index (χ4v) is 5.31. The van der Waals surface area contributed by atoms with Crippen molar-refractivity contribution in [2.75, 3.05) is 11.9 Å². The van der Waals surface area contributed by atoms with Gasteiger partial charge < -0.3 is 20.1 Å². The van der Waals surface area contributed by atoms with E-state index >= 15 is 0 Å². The summed E-state index contributed by atoms with van der Waals surface area (Å²) in [4.78, 5) is 48.1. The van der Waals surface area contributed by atoms with Gasteiger partial charge in [-0.1, -0.05) is 23.7 Å². The highest BCUT2D eigenvalue weighted by Gasteiger charge is 2.43. The number of amides is 2. The highest BCUT2D eigenvalue weighted by atomic mass is 35.5. The first-order valence-corrected chi connectivity index (χ1v) is 13.4. The average molecular weight is 599 g/mol. The Balaban J connectivity index is 1.37. The van der Waals surface area contributed by atoms with Crippen LogP contribution >= 0.6 is 11.6 Å². The van der Waals surface area contributed by atoms with Crippen LogP contribution in [0.1, 0.15) is 29.3 Å². The van der Waals surface area contributed by atoms with Gasteiger partial charge in [-0.15, -0.1) is 0 Å². The van der Waals surface area contributed by atoms with E-state index in [1.54, 1.807) is 35.2 Å². The number of Topliss-reactive ketones (excluding diaryl/α,β-unsaturated/α-hetero) is 1. The van der Waals surface area contributed by atoms with E-state index in [0.717, 1.165) is 4.90 Å². The van der Waals surface area contributed by atoms with E-state index in [9.17, 15) is 27.6 Å². The van der Waals surface area contributed by atoms with Crippen molar-refractivity contribution < 1.29 is 27.6 Å². The fraction of sp³-hybridized carbons (Fsp3) is 0.276. The van der Waals surface area contributed by atoms with E-state index in [-0.39, 0.29) is 42.4 Å². The molecule has 0 radical (unpaired) electrons. The molecule has 0 spiro atoms. The molecular weight excluding hydrogens is 573 g/mol. The molecular formula is C29H26ClF3N6O3. The van der Waals surface area contributed by atoms with E-state index in [1.807, 2.05) is 0 Å². The van der Waals surface area contributed by atoms with E-state index in [4.69, 9.17) is 11.6 Å². The van der Waals surface area contributed by atoms with Crippen LogP contribution in [-0.2, 0) is 22.7 Å². The molecule has 2 amide bonds. The average Bonchev–Trinajstić information content (AvgIpc) is 3.57. The summed E-state index contributed by atoms with van der Waals surface area (Å²) in [7, 11) is 0. The first-order valence-electron chi connectivity index (χ1n) is 13.1. The molecule has 2 aromatic carbocycles. The second-order valence-electron chi connectivity index (χ2n) is 10.0. The van der Waals surface area contributed by atoms with Gasteiger partial charge in [0.25, 0.3) is 0 Å². The highest BCUT2D eigenvalue weighted by Crippen LogP contribution is 2.31. The zero-order valence-corrected chi connectivity index (χ0v) is 23.1. The fourth-order valence-electron chi connectivity index (χ4n) is 5.11. The molecule has 0 aliphatic carbocycles.